The van der Waals surface area contributed by atoms with E-state index in [-0.39, 0.29) is 28.6 Å². The van der Waals surface area contributed by atoms with E-state index in [0.717, 1.165) is 24.5 Å². The van der Waals surface area contributed by atoms with E-state index in [4.69, 9.17) is 0 Å². The first kappa shape index (κ1) is 19.6. The van der Waals surface area contributed by atoms with Gasteiger partial charge in [-0.25, -0.2) is 8.78 Å². The fourth-order valence-corrected chi connectivity index (χ4v) is 5.09. The molecule has 3 aromatic rings. The van der Waals surface area contributed by atoms with Crippen molar-refractivity contribution in [2.45, 2.75) is 37.8 Å². The Morgan fingerprint density at radius 1 is 1.06 bits per heavy atom. The first-order valence-electron chi connectivity index (χ1n) is 10.4. The fraction of sp³-hybridized carbons (Fsp3) is 0.292. The maximum absolute atomic E-state index is 15.1. The third-order valence-electron chi connectivity index (χ3n) is 6.51. The van der Waals surface area contributed by atoms with Gasteiger partial charge in [-0.3, -0.25) is 14.3 Å². The van der Waals surface area contributed by atoms with Crippen molar-refractivity contribution in [3.8, 4) is 0 Å². The Morgan fingerprint density at radius 3 is 2.61 bits per heavy atom. The molecule has 0 N–H and O–H groups in total. The summed E-state index contributed by atoms with van der Waals surface area (Å²) < 4.78 is 30.9. The molecule has 2 aliphatic rings. The van der Waals surface area contributed by atoms with Crippen LogP contribution in [0.3, 0.4) is 0 Å². The summed E-state index contributed by atoms with van der Waals surface area (Å²) in [7, 11) is 0. The number of benzene rings is 2. The number of fused-ring (bicyclic) bond motifs is 2. The Kier molecular flexibility index (Phi) is 4.68. The molecule has 1 aromatic heterocycles. The van der Waals surface area contributed by atoms with Gasteiger partial charge in [0.2, 0.25) is 5.43 Å². The van der Waals surface area contributed by atoms with Crippen LogP contribution in [0.1, 0.15) is 52.0 Å². The van der Waals surface area contributed by atoms with E-state index >= 15 is 4.39 Å². The van der Waals surface area contributed by atoms with Crippen LogP contribution < -0.4 is 5.43 Å². The summed E-state index contributed by atoms with van der Waals surface area (Å²) in [4.78, 5) is 27.3. The number of halogens is 2. The van der Waals surface area contributed by atoms with E-state index in [1.54, 1.807) is 22.6 Å². The van der Waals surface area contributed by atoms with Crippen LogP contribution >= 0.6 is 0 Å². The van der Waals surface area contributed by atoms with Crippen LogP contribution in [0.5, 0.6) is 0 Å². The first-order valence-corrected chi connectivity index (χ1v) is 10.4. The molecule has 2 aromatic carbocycles. The molecule has 0 aliphatic carbocycles. The van der Waals surface area contributed by atoms with E-state index in [1.807, 2.05) is 30.3 Å². The Labute approximate surface area is 177 Å². The van der Waals surface area contributed by atoms with Crippen LogP contribution in [0.15, 0.2) is 59.5 Å². The third kappa shape index (κ3) is 2.99. The molecule has 5 nitrogen and oxygen atoms in total. The van der Waals surface area contributed by atoms with Gasteiger partial charge in [0.25, 0.3) is 5.91 Å². The van der Waals surface area contributed by atoms with Crippen LogP contribution in [-0.4, -0.2) is 33.2 Å². The summed E-state index contributed by atoms with van der Waals surface area (Å²) in [5.41, 5.74) is 1.24. The molecule has 158 valence electrons. The summed E-state index contributed by atoms with van der Waals surface area (Å²) in [6.45, 7) is 2.18. The van der Waals surface area contributed by atoms with Gasteiger partial charge in [-0.1, -0.05) is 42.5 Å². The number of rotatable bonds is 3. The smallest absolute Gasteiger partial charge is 0.272 e. The minimum absolute atomic E-state index is 0.210. The number of carbonyl (C=O) groups is 1. The highest BCUT2D eigenvalue weighted by Gasteiger charge is 2.48. The lowest BCUT2D eigenvalue weighted by atomic mass is 9.79. The van der Waals surface area contributed by atoms with Crippen molar-refractivity contribution in [3.63, 3.8) is 0 Å². The summed E-state index contributed by atoms with van der Waals surface area (Å²) in [6.07, 6.45) is 2.73. The van der Waals surface area contributed by atoms with Gasteiger partial charge in [0.15, 0.2) is 11.6 Å². The second-order valence-corrected chi connectivity index (χ2v) is 8.16. The lowest BCUT2D eigenvalue weighted by Crippen LogP contribution is -2.51. The van der Waals surface area contributed by atoms with Crippen molar-refractivity contribution >= 4 is 5.91 Å². The first-order chi connectivity index (χ1) is 15.0. The lowest BCUT2D eigenvalue weighted by molar-refractivity contribution is 0.0569. The number of aromatic nitrogens is 2. The second-order valence-electron chi connectivity index (χ2n) is 8.16. The summed E-state index contributed by atoms with van der Waals surface area (Å²) in [5, 5.41) is 4.34. The van der Waals surface area contributed by atoms with Gasteiger partial charge >= 0.3 is 0 Å². The molecule has 0 unspecified atom stereocenters. The molecular weight excluding hydrogens is 400 g/mol. The number of nitrogens with zero attached hydrogens (tertiary/aromatic N) is 3. The normalized spacial score (nSPS) is 21.0. The predicted octanol–water partition coefficient (Wildman–Crippen LogP) is 3.82. The number of carbonyl (C=O) groups excluding carboxylic acids is 1. The molecule has 0 spiro atoms. The standard InChI is InChI=1S/C24H21F2N3O2/c1-14-19(30)13-27-29-22(14)24(31)28-12-6-11-18(28)23(29)20(15-7-3-2-4-8-15)16-9-5-10-17(25)21(16)26/h2-5,7-10,13,18,20,23H,6,11-12H2,1H3/t18-,20-,23-/m1/s1. The average Bonchev–Trinajstić information content (AvgIpc) is 3.26. The van der Waals surface area contributed by atoms with Gasteiger partial charge in [0.1, 0.15) is 5.69 Å². The van der Waals surface area contributed by atoms with Gasteiger partial charge in [0, 0.05) is 23.6 Å². The molecule has 0 radical (unpaired) electrons. The van der Waals surface area contributed by atoms with Crippen LogP contribution in [0.2, 0.25) is 0 Å². The van der Waals surface area contributed by atoms with Crippen molar-refractivity contribution in [1.29, 1.82) is 0 Å². The Hall–Kier alpha value is -3.35. The lowest BCUT2D eigenvalue weighted by Gasteiger charge is -2.43. The Balaban J connectivity index is 1.81. The van der Waals surface area contributed by atoms with Crippen LogP contribution in [0.25, 0.3) is 0 Å². The monoisotopic (exact) mass is 421 g/mol. The van der Waals surface area contributed by atoms with Crippen LogP contribution in [-0.2, 0) is 0 Å². The van der Waals surface area contributed by atoms with Crippen LogP contribution in [0.4, 0.5) is 8.78 Å². The molecule has 0 saturated carbocycles. The molecule has 5 rings (SSSR count). The Bertz CT molecular complexity index is 1230. The average molecular weight is 421 g/mol. The van der Waals surface area contributed by atoms with E-state index in [2.05, 4.69) is 5.10 Å². The molecule has 31 heavy (non-hydrogen) atoms. The molecule has 1 amide bonds. The Morgan fingerprint density at radius 2 is 1.84 bits per heavy atom. The van der Waals surface area contributed by atoms with E-state index < -0.39 is 23.6 Å². The van der Waals surface area contributed by atoms with Crippen molar-refractivity contribution in [1.82, 2.24) is 14.7 Å². The molecule has 0 bridgehead atoms. The molecule has 2 aliphatic heterocycles. The zero-order chi connectivity index (χ0) is 21.7. The van der Waals surface area contributed by atoms with Gasteiger partial charge in [0.05, 0.1) is 18.3 Å². The van der Waals surface area contributed by atoms with Crippen molar-refractivity contribution in [3.05, 3.63) is 99.0 Å². The highest BCUT2D eigenvalue weighted by molar-refractivity contribution is 5.95. The van der Waals surface area contributed by atoms with Gasteiger partial charge in [-0.05, 0) is 31.4 Å². The molecule has 1 fully saturated rings. The van der Waals surface area contributed by atoms with Gasteiger partial charge < -0.3 is 4.90 Å². The summed E-state index contributed by atoms with van der Waals surface area (Å²) in [6, 6.07) is 12.8. The third-order valence-corrected chi connectivity index (χ3v) is 6.51. The molecule has 3 heterocycles. The van der Waals surface area contributed by atoms with Crippen molar-refractivity contribution in [2.75, 3.05) is 6.54 Å². The zero-order valence-electron chi connectivity index (χ0n) is 17.0. The molecule has 1 saturated heterocycles. The van der Waals surface area contributed by atoms with Crippen LogP contribution in [0, 0.1) is 18.6 Å². The van der Waals surface area contributed by atoms with E-state index in [0.29, 0.717) is 12.1 Å². The molecular formula is C24H21F2N3O2. The SMILES string of the molecule is Cc1c2n(ncc1=O)[C@@H]([C@H](c1ccccc1)c1cccc(F)c1F)[C@H]1CCCN1C2=O. The van der Waals surface area contributed by atoms with Crippen molar-refractivity contribution < 1.29 is 13.6 Å². The second kappa shape index (κ2) is 7.41. The zero-order valence-corrected chi connectivity index (χ0v) is 17.0. The van der Waals surface area contributed by atoms with E-state index in [9.17, 15) is 14.0 Å². The largest absolute Gasteiger partial charge is 0.332 e. The predicted molar refractivity (Wildman–Crippen MR) is 111 cm³/mol. The minimum Gasteiger partial charge on any atom is -0.332 e. The van der Waals surface area contributed by atoms with Gasteiger partial charge in [-0.15, -0.1) is 0 Å². The number of hydrogen-bond donors (Lipinski definition) is 0. The number of hydrogen-bond acceptors (Lipinski definition) is 3. The summed E-state index contributed by atoms with van der Waals surface area (Å²) >= 11 is 0. The highest BCUT2D eigenvalue weighted by Crippen LogP contribution is 2.45. The summed E-state index contributed by atoms with van der Waals surface area (Å²) in [5.74, 6) is -2.65. The fourth-order valence-electron chi connectivity index (χ4n) is 5.09. The topological polar surface area (TPSA) is 55.2 Å². The minimum atomic E-state index is -0.919. The highest BCUT2D eigenvalue weighted by atomic mass is 19.2. The van der Waals surface area contributed by atoms with E-state index in [1.165, 1.54) is 12.3 Å². The van der Waals surface area contributed by atoms with Gasteiger partial charge in [-0.2, -0.15) is 5.10 Å². The maximum Gasteiger partial charge on any atom is 0.272 e. The number of amides is 1. The molecule has 7 heteroatoms. The maximum atomic E-state index is 15.1. The van der Waals surface area contributed by atoms with Crippen molar-refractivity contribution in [2.24, 2.45) is 0 Å². The quantitative estimate of drug-likeness (QED) is 0.646. The molecule has 3 atom stereocenters.